The molecule has 1 aromatic carbocycles. The number of nitrogens with one attached hydrogen (secondary N) is 1. The van der Waals surface area contributed by atoms with Crippen LogP contribution >= 0.6 is 12.2 Å². The molecule has 1 N–H and O–H groups in total. The molecule has 1 aliphatic rings. The Labute approximate surface area is 174 Å². The van der Waals surface area contributed by atoms with Crippen LogP contribution < -0.4 is 5.32 Å². The third-order valence-electron chi connectivity index (χ3n) is 5.26. The highest BCUT2D eigenvalue weighted by Crippen LogP contribution is 2.21. The van der Waals surface area contributed by atoms with Crippen molar-refractivity contribution in [2.45, 2.75) is 59.2 Å². The average Bonchev–Trinajstić information content (AvgIpc) is 2.93. The molecular formula is C20H32FN3O2S2. The van der Waals surface area contributed by atoms with Gasteiger partial charge in [0.15, 0.2) is 14.9 Å². The minimum absolute atomic E-state index is 0.112. The monoisotopic (exact) mass is 429 g/mol. The van der Waals surface area contributed by atoms with E-state index in [4.69, 9.17) is 12.2 Å². The molecule has 1 aliphatic heterocycles. The topological polar surface area (TPSA) is 52.6 Å². The van der Waals surface area contributed by atoms with Crippen LogP contribution in [0.25, 0.3) is 0 Å². The van der Waals surface area contributed by atoms with Gasteiger partial charge in [0.1, 0.15) is 5.82 Å². The van der Waals surface area contributed by atoms with Gasteiger partial charge in [-0.25, -0.2) is 12.8 Å². The largest absolute Gasteiger partial charge is 0.344 e. The zero-order chi connectivity index (χ0) is 21.1. The molecule has 0 spiro atoms. The number of hydrogen-bond donors (Lipinski definition) is 1. The van der Waals surface area contributed by atoms with E-state index < -0.39 is 9.84 Å². The van der Waals surface area contributed by atoms with Crippen molar-refractivity contribution in [3.05, 3.63) is 29.6 Å². The van der Waals surface area contributed by atoms with Gasteiger partial charge in [0.25, 0.3) is 0 Å². The fraction of sp³-hybridized carbons (Fsp3) is 0.650. The van der Waals surface area contributed by atoms with E-state index in [0.29, 0.717) is 41.4 Å². The SMILES string of the molecule is Cc1ccc(NC(=S)N(CCN(C(C)C)C(C)C)[C@@H]2CCS(=O)(=O)C2)cc1F. The van der Waals surface area contributed by atoms with Gasteiger partial charge < -0.3 is 10.2 Å². The molecule has 1 heterocycles. The maximum atomic E-state index is 13.9. The van der Waals surface area contributed by atoms with Gasteiger partial charge in [0.05, 0.1) is 11.5 Å². The second kappa shape index (κ2) is 9.50. The molecule has 158 valence electrons. The molecule has 1 aromatic rings. The number of hydrogen-bond acceptors (Lipinski definition) is 4. The lowest BCUT2D eigenvalue weighted by Crippen LogP contribution is -2.49. The Bertz CT molecular complexity index is 789. The lowest BCUT2D eigenvalue weighted by Gasteiger charge is -2.36. The first-order valence-electron chi connectivity index (χ1n) is 9.80. The van der Waals surface area contributed by atoms with Gasteiger partial charge in [-0.15, -0.1) is 0 Å². The van der Waals surface area contributed by atoms with E-state index in [1.165, 1.54) is 6.07 Å². The predicted molar refractivity (Wildman–Crippen MR) is 118 cm³/mol. The van der Waals surface area contributed by atoms with Crippen LogP contribution in [-0.4, -0.2) is 66.1 Å². The third-order valence-corrected chi connectivity index (χ3v) is 7.35. The van der Waals surface area contributed by atoms with Gasteiger partial charge >= 0.3 is 0 Å². The van der Waals surface area contributed by atoms with Crippen molar-refractivity contribution < 1.29 is 12.8 Å². The van der Waals surface area contributed by atoms with E-state index in [-0.39, 0.29) is 23.4 Å². The molecule has 2 rings (SSSR count). The highest BCUT2D eigenvalue weighted by molar-refractivity contribution is 7.91. The number of sulfone groups is 1. The van der Waals surface area contributed by atoms with E-state index in [1.807, 2.05) is 4.90 Å². The van der Waals surface area contributed by atoms with Crippen LogP contribution in [0.3, 0.4) is 0 Å². The lowest BCUT2D eigenvalue weighted by atomic mass is 10.2. The summed E-state index contributed by atoms with van der Waals surface area (Å²) in [5.74, 6) is 0.00244. The smallest absolute Gasteiger partial charge is 0.173 e. The molecule has 0 radical (unpaired) electrons. The van der Waals surface area contributed by atoms with Crippen molar-refractivity contribution in [2.24, 2.45) is 0 Å². The first-order valence-corrected chi connectivity index (χ1v) is 12.0. The molecule has 1 fully saturated rings. The number of thiocarbonyl (C=S) groups is 1. The van der Waals surface area contributed by atoms with Crippen LogP contribution in [0, 0.1) is 12.7 Å². The average molecular weight is 430 g/mol. The summed E-state index contributed by atoms with van der Waals surface area (Å²) in [6, 6.07) is 5.50. The summed E-state index contributed by atoms with van der Waals surface area (Å²) in [6.07, 6.45) is 0.565. The van der Waals surface area contributed by atoms with Crippen LogP contribution in [0.1, 0.15) is 39.7 Å². The summed E-state index contributed by atoms with van der Waals surface area (Å²) >= 11 is 5.61. The van der Waals surface area contributed by atoms with Crippen LogP contribution in [0.15, 0.2) is 18.2 Å². The van der Waals surface area contributed by atoms with E-state index in [1.54, 1.807) is 19.1 Å². The highest BCUT2D eigenvalue weighted by atomic mass is 32.2. The summed E-state index contributed by atoms with van der Waals surface area (Å²) in [5, 5.41) is 3.54. The minimum atomic E-state index is -3.03. The van der Waals surface area contributed by atoms with Crippen molar-refractivity contribution in [3.63, 3.8) is 0 Å². The second-order valence-corrected chi connectivity index (χ2v) is 10.7. The molecule has 0 unspecified atom stereocenters. The van der Waals surface area contributed by atoms with Crippen LogP contribution in [0.2, 0.25) is 0 Å². The van der Waals surface area contributed by atoms with Crippen LogP contribution in [0.4, 0.5) is 10.1 Å². The maximum Gasteiger partial charge on any atom is 0.173 e. The lowest BCUT2D eigenvalue weighted by molar-refractivity contribution is 0.155. The summed E-state index contributed by atoms with van der Waals surface area (Å²) in [6.45, 7) is 11.7. The zero-order valence-electron chi connectivity index (χ0n) is 17.4. The van der Waals surface area contributed by atoms with Crippen molar-refractivity contribution in [1.29, 1.82) is 0 Å². The number of aryl methyl sites for hydroxylation is 1. The Morgan fingerprint density at radius 1 is 1.25 bits per heavy atom. The van der Waals surface area contributed by atoms with E-state index in [9.17, 15) is 12.8 Å². The number of anilines is 1. The summed E-state index contributed by atoms with van der Waals surface area (Å²) in [4.78, 5) is 4.32. The number of benzene rings is 1. The molecular weight excluding hydrogens is 397 g/mol. The highest BCUT2D eigenvalue weighted by Gasteiger charge is 2.34. The minimum Gasteiger partial charge on any atom is -0.344 e. The van der Waals surface area contributed by atoms with Gasteiger partial charge in [-0.05, 0) is 71.0 Å². The first-order chi connectivity index (χ1) is 13.0. The Balaban J connectivity index is 2.17. The molecule has 5 nitrogen and oxygen atoms in total. The third kappa shape index (κ3) is 6.12. The summed E-state index contributed by atoms with van der Waals surface area (Å²) in [7, 11) is -3.03. The molecule has 28 heavy (non-hydrogen) atoms. The molecule has 0 amide bonds. The predicted octanol–water partition coefficient (Wildman–Crippen LogP) is 3.44. The zero-order valence-corrected chi connectivity index (χ0v) is 19.0. The van der Waals surface area contributed by atoms with Crippen molar-refractivity contribution >= 4 is 32.9 Å². The number of nitrogens with zero attached hydrogens (tertiary/aromatic N) is 2. The number of rotatable bonds is 7. The summed E-state index contributed by atoms with van der Waals surface area (Å²) < 4.78 is 37.9. The van der Waals surface area contributed by atoms with Crippen molar-refractivity contribution in [1.82, 2.24) is 9.80 Å². The molecule has 8 heteroatoms. The number of halogens is 1. The van der Waals surface area contributed by atoms with Crippen molar-refractivity contribution in [2.75, 3.05) is 29.9 Å². The molecule has 1 atom stereocenters. The maximum absolute atomic E-state index is 13.9. The summed E-state index contributed by atoms with van der Waals surface area (Å²) in [5.41, 5.74) is 1.14. The fourth-order valence-electron chi connectivity index (χ4n) is 3.67. The van der Waals surface area contributed by atoms with Crippen molar-refractivity contribution in [3.8, 4) is 0 Å². The molecule has 0 aliphatic carbocycles. The normalized spacial score (nSPS) is 18.8. The Hall–Kier alpha value is -1.25. The first kappa shape index (κ1) is 23.0. The Kier molecular flexibility index (Phi) is 7.81. The second-order valence-electron chi connectivity index (χ2n) is 8.07. The fourth-order valence-corrected chi connectivity index (χ4v) is 5.76. The molecule has 0 aromatic heterocycles. The molecule has 0 bridgehead atoms. The van der Waals surface area contributed by atoms with Gasteiger partial charge in [0.2, 0.25) is 0 Å². The van der Waals surface area contributed by atoms with E-state index in [0.717, 1.165) is 6.54 Å². The van der Waals surface area contributed by atoms with Crippen LogP contribution in [0.5, 0.6) is 0 Å². The van der Waals surface area contributed by atoms with Gasteiger partial charge in [-0.1, -0.05) is 6.07 Å². The quantitative estimate of drug-likeness (QED) is 0.670. The van der Waals surface area contributed by atoms with E-state index >= 15 is 0 Å². The van der Waals surface area contributed by atoms with Gasteiger partial charge in [-0.3, -0.25) is 4.90 Å². The van der Waals surface area contributed by atoms with Gasteiger partial charge in [-0.2, -0.15) is 0 Å². The molecule has 0 saturated carbocycles. The Morgan fingerprint density at radius 2 is 1.89 bits per heavy atom. The molecule has 1 saturated heterocycles. The van der Waals surface area contributed by atoms with Crippen LogP contribution in [-0.2, 0) is 9.84 Å². The van der Waals surface area contributed by atoms with Gasteiger partial charge in [0, 0.05) is 36.9 Å². The standard InChI is InChI=1S/C20H32FN3O2S2/c1-14(2)23(15(3)4)9-10-24(18-8-11-28(25,26)13-18)20(27)22-17-7-6-16(5)19(21)12-17/h6-7,12,14-15,18H,8-11,13H2,1-5H3,(H,22,27)/t18-/m1/s1. The Morgan fingerprint density at radius 3 is 2.39 bits per heavy atom. The van der Waals surface area contributed by atoms with E-state index in [2.05, 4.69) is 37.9 Å².